The van der Waals surface area contributed by atoms with E-state index in [9.17, 15) is 9.18 Å². The Labute approximate surface area is 136 Å². The molecule has 0 fully saturated rings. The molecule has 2 aromatic carbocycles. The Morgan fingerprint density at radius 2 is 2.10 bits per heavy atom. The average molecular weight is 368 g/mol. The highest BCUT2D eigenvalue weighted by atomic mass is 79.9. The number of nitrogens with one attached hydrogen (secondary N) is 1. The lowest BCUT2D eigenvalue weighted by Gasteiger charge is -2.06. The van der Waals surface area contributed by atoms with Crippen LogP contribution in [-0.4, -0.2) is 11.7 Å². The van der Waals surface area contributed by atoms with Gasteiger partial charge in [-0.2, -0.15) is 0 Å². The van der Waals surface area contributed by atoms with Crippen LogP contribution < -0.4 is 5.32 Å². The molecule has 2 aromatic rings. The van der Waals surface area contributed by atoms with Gasteiger partial charge in [-0.3, -0.25) is 4.79 Å². The summed E-state index contributed by atoms with van der Waals surface area (Å²) < 4.78 is 14.4. The molecule has 2 nitrogen and oxygen atoms in total. The summed E-state index contributed by atoms with van der Waals surface area (Å²) in [5.74, 6) is 0.0244. The van der Waals surface area contributed by atoms with Crippen LogP contribution in [-0.2, 0) is 11.3 Å². The van der Waals surface area contributed by atoms with Gasteiger partial charge in [0.05, 0.1) is 5.75 Å². The average Bonchev–Trinajstić information content (AvgIpc) is 2.46. The molecule has 0 atom stereocenters. The van der Waals surface area contributed by atoms with Gasteiger partial charge < -0.3 is 5.32 Å². The summed E-state index contributed by atoms with van der Waals surface area (Å²) in [6.07, 6.45) is 0. The first-order chi connectivity index (χ1) is 10.0. The van der Waals surface area contributed by atoms with Crippen LogP contribution >= 0.6 is 27.7 Å². The monoisotopic (exact) mass is 367 g/mol. The van der Waals surface area contributed by atoms with Gasteiger partial charge in [0.25, 0.3) is 0 Å². The Balaban J connectivity index is 1.80. The second-order valence-electron chi connectivity index (χ2n) is 4.61. The highest BCUT2D eigenvalue weighted by Gasteiger charge is 2.04. The molecular formula is C16H15BrFNOS. The van der Waals surface area contributed by atoms with Gasteiger partial charge >= 0.3 is 0 Å². The van der Waals surface area contributed by atoms with E-state index in [1.807, 2.05) is 30.3 Å². The lowest BCUT2D eigenvalue weighted by Crippen LogP contribution is -2.24. The van der Waals surface area contributed by atoms with E-state index in [1.165, 1.54) is 17.8 Å². The highest BCUT2D eigenvalue weighted by Crippen LogP contribution is 2.21. The third-order valence-electron chi connectivity index (χ3n) is 2.89. The van der Waals surface area contributed by atoms with Gasteiger partial charge in [-0.05, 0) is 42.3 Å². The van der Waals surface area contributed by atoms with Gasteiger partial charge in [-0.25, -0.2) is 4.39 Å². The summed E-state index contributed by atoms with van der Waals surface area (Å²) in [5.41, 5.74) is 1.37. The van der Waals surface area contributed by atoms with E-state index < -0.39 is 0 Å². The van der Waals surface area contributed by atoms with Crippen LogP contribution in [0.25, 0.3) is 0 Å². The molecule has 1 N–H and O–H groups in total. The first-order valence-corrected chi connectivity index (χ1v) is 8.22. The quantitative estimate of drug-likeness (QED) is 0.797. The van der Waals surface area contributed by atoms with E-state index in [1.54, 1.807) is 13.0 Å². The molecular weight excluding hydrogens is 353 g/mol. The van der Waals surface area contributed by atoms with Gasteiger partial charge in [-0.15, -0.1) is 11.8 Å². The number of halogens is 2. The van der Waals surface area contributed by atoms with E-state index in [0.29, 0.717) is 17.9 Å². The summed E-state index contributed by atoms with van der Waals surface area (Å²) in [7, 11) is 0. The minimum Gasteiger partial charge on any atom is -0.351 e. The molecule has 0 spiro atoms. The Hall–Kier alpha value is -1.33. The number of carbonyl (C=O) groups is 1. The molecule has 21 heavy (non-hydrogen) atoms. The first kappa shape index (κ1) is 16.0. The zero-order chi connectivity index (χ0) is 15.2. The maximum Gasteiger partial charge on any atom is 0.230 e. The summed E-state index contributed by atoms with van der Waals surface area (Å²) in [6.45, 7) is 2.06. The van der Waals surface area contributed by atoms with Crippen molar-refractivity contribution in [2.75, 3.05) is 5.75 Å². The lowest BCUT2D eigenvalue weighted by atomic mass is 10.1. The number of rotatable bonds is 5. The fraction of sp³-hybridized carbons (Fsp3) is 0.188. The summed E-state index contributed by atoms with van der Waals surface area (Å²) in [6, 6.07) is 12.8. The predicted octanol–water partition coefficient (Wildman–Crippen LogP) is 4.31. The number of carbonyl (C=O) groups excluding carboxylic acids is 1. The Morgan fingerprint density at radius 3 is 2.81 bits per heavy atom. The number of amides is 1. The molecule has 0 unspecified atom stereocenters. The molecule has 0 aliphatic carbocycles. The van der Waals surface area contributed by atoms with Crippen LogP contribution in [0.3, 0.4) is 0 Å². The minimum absolute atomic E-state index is 0.0686. The molecule has 2 rings (SSSR count). The third-order valence-corrected chi connectivity index (χ3v) is 4.38. The second-order valence-corrected chi connectivity index (χ2v) is 6.57. The largest absolute Gasteiger partial charge is 0.351 e. The molecule has 110 valence electrons. The zero-order valence-electron chi connectivity index (χ0n) is 11.5. The van der Waals surface area contributed by atoms with Crippen LogP contribution in [0.15, 0.2) is 51.8 Å². The number of thioether (sulfide) groups is 1. The first-order valence-electron chi connectivity index (χ1n) is 6.44. The fourth-order valence-corrected chi connectivity index (χ4v) is 3.04. The molecule has 0 saturated heterocycles. The van der Waals surface area contributed by atoms with E-state index >= 15 is 0 Å². The number of aryl methyl sites for hydroxylation is 1. The van der Waals surface area contributed by atoms with E-state index in [0.717, 1.165) is 14.9 Å². The fourth-order valence-electron chi connectivity index (χ4n) is 1.70. The smallest absolute Gasteiger partial charge is 0.230 e. The van der Waals surface area contributed by atoms with Gasteiger partial charge in [-0.1, -0.05) is 34.1 Å². The van der Waals surface area contributed by atoms with Crippen LogP contribution in [0.4, 0.5) is 4.39 Å². The molecule has 0 aliphatic heterocycles. The number of hydrogen-bond acceptors (Lipinski definition) is 2. The summed E-state index contributed by atoms with van der Waals surface area (Å²) in [4.78, 5) is 12.8. The van der Waals surface area contributed by atoms with Gasteiger partial charge in [0.15, 0.2) is 0 Å². The van der Waals surface area contributed by atoms with Gasteiger partial charge in [0.2, 0.25) is 5.91 Å². The Kier molecular flexibility index (Phi) is 5.82. The second kappa shape index (κ2) is 7.61. The molecule has 0 heterocycles. The van der Waals surface area contributed by atoms with Crippen molar-refractivity contribution >= 4 is 33.6 Å². The maximum absolute atomic E-state index is 13.4. The molecule has 0 saturated carbocycles. The van der Waals surface area contributed by atoms with Crippen molar-refractivity contribution in [2.45, 2.75) is 18.4 Å². The van der Waals surface area contributed by atoms with E-state index in [4.69, 9.17) is 0 Å². The zero-order valence-corrected chi connectivity index (χ0v) is 13.9. The van der Waals surface area contributed by atoms with Crippen molar-refractivity contribution in [3.05, 3.63) is 63.9 Å². The van der Waals surface area contributed by atoms with Crippen molar-refractivity contribution in [1.29, 1.82) is 0 Å². The SMILES string of the molecule is Cc1ccc(CNC(=O)CSc2cccc(Br)c2)cc1F. The molecule has 0 bridgehead atoms. The lowest BCUT2D eigenvalue weighted by molar-refractivity contribution is -0.118. The Bertz CT molecular complexity index is 648. The molecule has 0 aliphatic rings. The normalized spacial score (nSPS) is 10.4. The van der Waals surface area contributed by atoms with Crippen molar-refractivity contribution in [3.8, 4) is 0 Å². The van der Waals surface area contributed by atoms with Crippen molar-refractivity contribution < 1.29 is 9.18 Å². The topological polar surface area (TPSA) is 29.1 Å². The molecule has 5 heteroatoms. The van der Waals surface area contributed by atoms with Crippen molar-refractivity contribution in [1.82, 2.24) is 5.32 Å². The van der Waals surface area contributed by atoms with E-state index in [2.05, 4.69) is 21.2 Å². The minimum atomic E-state index is -0.245. The van der Waals surface area contributed by atoms with Gasteiger partial charge in [0, 0.05) is 15.9 Å². The molecule has 0 aromatic heterocycles. The third kappa shape index (κ3) is 5.17. The summed E-state index contributed by atoms with van der Waals surface area (Å²) >= 11 is 4.86. The number of benzene rings is 2. The maximum atomic E-state index is 13.4. The van der Waals surface area contributed by atoms with Gasteiger partial charge in [0.1, 0.15) is 5.82 Å². The van der Waals surface area contributed by atoms with Crippen LogP contribution in [0.5, 0.6) is 0 Å². The van der Waals surface area contributed by atoms with Crippen molar-refractivity contribution in [2.24, 2.45) is 0 Å². The van der Waals surface area contributed by atoms with Crippen LogP contribution in [0.2, 0.25) is 0 Å². The number of hydrogen-bond donors (Lipinski definition) is 1. The van der Waals surface area contributed by atoms with Crippen LogP contribution in [0, 0.1) is 12.7 Å². The molecule has 0 radical (unpaired) electrons. The predicted molar refractivity (Wildman–Crippen MR) is 87.8 cm³/mol. The Morgan fingerprint density at radius 1 is 1.29 bits per heavy atom. The highest BCUT2D eigenvalue weighted by molar-refractivity contribution is 9.10. The molecule has 1 amide bonds. The summed E-state index contributed by atoms with van der Waals surface area (Å²) in [5, 5.41) is 2.79. The van der Waals surface area contributed by atoms with E-state index in [-0.39, 0.29) is 11.7 Å². The van der Waals surface area contributed by atoms with Crippen molar-refractivity contribution in [3.63, 3.8) is 0 Å². The standard InChI is InChI=1S/C16H15BrFNOS/c1-11-5-6-12(7-15(11)18)9-19-16(20)10-21-14-4-2-3-13(17)8-14/h2-8H,9-10H2,1H3,(H,19,20). The van der Waals surface area contributed by atoms with Crippen LogP contribution in [0.1, 0.15) is 11.1 Å².